The number of halogens is 3. The number of nitrogens with zero attached hydrogens (tertiary/aromatic N) is 2. The van der Waals surface area contributed by atoms with Crippen LogP contribution in [0.3, 0.4) is 0 Å². The van der Waals surface area contributed by atoms with Crippen LogP contribution in [-0.4, -0.2) is 16.1 Å². The summed E-state index contributed by atoms with van der Waals surface area (Å²) in [5.41, 5.74) is 5.38. The van der Waals surface area contributed by atoms with E-state index in [1.807, 2.05) is 0 Å². The predicted octanol–water partition coefficient (Wildman–Crippen LogP) is 3.43. The Morgan fingerprint density at radius 2 is 2.10 bits per heavy atom. The van der Waals surface area contributed by atoms with Gasteiger partial charge in [-0.05, 0) is 25.2 Å². The molecule has 0 amide bonds. The fourth-order valence-electron chi connectivity index (χ4n) is 2.52. The van der Waals surface area contributed by atoms with Gasteiger partial charge in [-0.1, -0.05) is 19.8 Å². The second kappa shape index (κ2) is 5.85. The minimum atomic E-state index is -4.62. The third-order valence-electron chi connectivity index (χ3n) is 3.58. The van der Waals surface area contributed by atoms with Gasteiger partial charge in [-0.3, -0.25) is 0 Å². The molecule has 1 saturated carbocycles. The molecular weight excluding hydrogens is 271 g/mol. The molecule has 1 aromatic heterocycles. The van der Waals surface area contributed by atoms with Gasteiger partial charge in [-0.2, -0.15) is 18.2 Å². The summed E-state index contributed by atoms with van der Waals surface area (Å²) < 4.78 is 43.4. The van der Waals surface area contributed by atoms with Crippen molar-refractivity contribution in [3.63, 3.8) is 0 Å². The van der Waals surface area contributed by atoms with E-state index in [2.05, 4.69) is 16.9 Å². The molecule has 1 aliphatic carbocycles. The van der Waals surface area contributed by atoms with Crippen LogP contribution in [0.25, 0.3) is 0 Å². The fourth-order valence-corrected chi connectivity index (χ4v) is 2.52. The molecule has 0 bridgehead atoms. The van der Waals surface area contributed by atoms with E-state index in [0.29, 0.717) is 5.92 Å². The first-order valence-corrected chi connectivity index (χ1v) is 6.77. The highest BCUT2D eigenvalue weighted by molar-refractivity contribution is 5.33. The van der Waals surface area contributed by atoms with E-state index in [4.69, 9.17) is 10.5 Å². The van der Waals surface area contributed by atoms with Crippen LogP contribution in [0.4, 0.5) is 19.0 Å². The average Bonchev–Trinajstić information content (AvgIpc) is 2.37. The van der Waals surface area contributed by atoms with Crippen molar-refractivity contribution < 1.29 is 17.9 Å². The summed E-state index contributed by atoms with van der Waals surface area (Å²) in [7, 11) is 0. The van der Waals surface area contributed by atoms with Gasteiger partial charge in [0.1, 0.15) is 11.9 Å². The van der Waals surface area contributed by atoms with E-state index in [9.17, 15) is 13.2 Å². The predicted molar refractivity (Wildman–Crippen MR) is 68.1 cm³/mol. The summed E-state index contributed by atoms with van der Waals surface area (Å²) in [5, 5.41) is 0. The van der Waals surface area contributed by atoms with Crippen LogP contribution in [0, 0.1) is 5.92 Å². The molecule has 2 unspecified atom stereocenters. The van der Waals surface area contributed by atoms with Gasteiger partial charge < -0.3 is 10.5 Å². The first kappa shape index (κ1) is 14.9. The smallest absolute Gasteiger partial charge is 0.451 e. The van der Waals surface area contributed by atoms with Crippen LogP contribution in [0.15, 0.2) is 6.07 Å². The van der Waals surface area contributed by atoms with Crippen LogP contribution in [0.1, 0.15) is 44.9 Å². The lowest BCUT2D eigenvalue weighted by molar-refractivity contribution is -0.145. The van der Waals surface area contributed by atoms with Crippen molar-refractivity contribution in [3.8, 4) is 5.88 Å². The zero-order valence-electron chi connectivity index (χ0n) is 11.3. The van der Waals surface area contributed by atoms with E-state index in [0.717, 1.165) is 32.1 Å². The van der Waals surface area contributed by atoms with Gasteiger partial charge in [0.2, 0.25) is 11.7 Å². The highest BCUT2D eigenvalue weighted by Gasteiger charge is 2.36. The maximum atomic E-state index is 12.6. The van der Waals surface area contributed by atoms with Crippen LogP contribution < -0.4 is 10.5 Å². The molecule has 112 valence electrons. The van der Waals surface area contributed by atoms with Gasteiger partial charge in [0.15, 0.2) is 0 Å². The van der Waals surface area contributed by atoms with Crippen molar-refractivity contribution in [2.24, 2.45) is 5.92 Å². The summed E-state index contributed by atoms with van der Waals surface area (Å²) in [6, 6.07) is 1.24. The molecule has 1 aromatic rings. The van der Waals surface area contributed by atoms with Crippen molar-refractivity contribution in [1.82, 2.24) is 9.97 Å². The third-order valence-corrected chi connectivity index (χ3v) is 3.58. The Balaban J connectivity index is 2.11. The molecule has 1 heterocycles. The summed E-state index contributed by atoms with van der Waals surface area (Å²) in [6.45, 7) is 2.11. The van der Waals surface area contributed by atoms with E-state index >= 15 is 0 Å². The zero-order valence-corrected chi connectivity index (χ0v) is 11.3. The van der Waals surface area contributed by atoms with E-state index in [-0.39, 0.29) is 17.8 Å². The number of ether oxygens (including phenoxy) is 1. The highest BCUT2D eigenvalue weighted by atomic mass is 19.4. The molecule has 0 radical (unpaired) electrons. The summed E-state index contributed by atoms with van der Waals surface area (Å²) in [4.78, 5) is 6.60. The first-order valence-electron chi connectivity index (χ1n) is 6.77. The van der Waals surface area contributed by atoms with Crippen molar-refractivity contribution in [2.75, 3.05) is 5.73 Å². The van der Waals surface area contributed by atoms with Crippen LogP contribution in [0.2, 0.25) is 0 Å². The Labute approximate surface area is 115 Å². The maximum absolute atomic E-state index is 12.6. The molecule has 4 nitrogen and oxygen atoms in total. The molecule has 0 aromatic carbocycles. The lowest BCUT2D eigenvalue weighted by atomic mass is 9.85. The second-order valence-electron chi connectivity index (χ2n) is 5.13. The van der Waals surface area contributed by atoms with Crippen molar-refractivity contribution >= 4 is 5.82 Å². The normalized spacial score (nSPS) is 23.6. The van der Waals surface area contributed by atoms with Crippen LogP contribution >= 0.6 is 0 Å². The van der Waals surface area contributed by atoms with Gasteiger partial charge in [0.05, 0.1) is 0 Å². The summed E-state index contributed by atoms with van der Waals surface area (Å²) in [5.74, 6) is -1.01. The fraction of sp³-hybridized carbons (Fsp3) is 0.692. The van der Waals surface area contributed by atoms with Crippen LogP contribution in [-0.2, 0) is 6.18 Å². The number of nitrogens with two attached hydrogens (primary N) is 1. The molecule has 7 heteroatoms. The molecule has 0 saturated heterocycles. The maximum Gasteiger partial charge on any atom is 0.451 e. The Hall–Kier alpha value is -1.53. The quantitative estimate of drug-likeness (QED) is 0.926. The Morgan fingerprint density at radius 3 is 2.75 bits per heavy atom. The van der Waals surface area contributed by atoms with E-state index in [1.54, 1.807) is 0 Å². The van der Waals surface area contributed by atoms with E-state index < -0.39 is 12.0 Å². The molecule has 20 heavy (non-hydrogen) atoms. The van der Waals surface area contributed by atoms with Gasteiger partial charge in [0, 0.05) is 6.07 Å². The van der Waals surface area contributed by atoms with Gasteiger partial charge in [0.25, 0.3) is 0 Å². The van der Waals surface area contributed by atoms with Gasteiger partial charge in [-0.15, -0.1) is 0 Å². The molecule has 1 aliphatic rings. The standard InChI is InChI=1S/C13H18F3N3O/c1-2-8-4-3-5-9(6-8)20-11-7-10(17)18-12(19-11)13(14,15)16/h7-9H,2-6H2,1H3,(H2,17,18,19). The SMILES string of the molecule is CCC1CCCC(Oc2cc(N)nc(C(F)(F)F)n2)C1. The lowest BCUT2D eigenvalue weighted by Gasteiger charge is -2.28. The minimum Gasteiger partial charge on any atom is -0.474 e. The third kappa shape index (κ3) is 3.74. The largest absolute Gasteiger partial charge is 0.474 e. The van der Waals surface area contributed by atoms with Crippen molar-refractivity contribution in [1.29, 1.82) is 0 Å². The number of hydrogen-bond donors (Lipinski definition) is 1. The lowest BCUT2D eigenvalue weighted by Crippen LogP contribution is -2.26. The number of rotatable bonds is 3. The van der Waals surface area contributed by atoms with Gasteiger partial charge >= 0.3 is 6.18 Å². The second-order valence-corrected chi connectivity index (χ2v) is 5.13. The number of nitrogen functional groups attached to an aromatic ring is 1. The van der Waals surface area contributed by atoms with Gasteiger partial charge in [-0.25, -0.2) is 4.98 Å². The molecule has 0 spiro atoms. The molecule has 2 N–H and O–H groups in total. The number of hydrogen-bond acceptors (Lipinski definition) is 4. The summed E-state index contributed by atoms with van der Waals surface area (Å²) in [6.07, 6.45) is 0.199. The molecule has 2 atom stereocenters. The summed E-state index contributed by atoms with van der Waals surface area (Å²) >= 11 is 0. The van der Waals surface area contributed by atoms with Crippen molar-refractivity contribution in [2.45, 2.75) is 51.3 Å². The minimum absolute atomic E-state index is 0.0911. The molecule has 2 rings (SSSR count). The molecule has 0 aliphatic heterocycles. The van der Waals surface area contributed by atoms with Crippen LogP contribution in [0.5, 0.6) is 5.88 Å². The van der Waals surface area contributed by atoms with Crippen molar-refractivity contribution in [3.05, 3.63) is 11.9 Å². The average molecular weight is 289 g/mol. The number of alkyl halides is 3. The first-order chi connectivity index (χ1) is 9.38. The monoisotopic (exact) mass is 289 g/mol. The number of anilines is 1. The topological polar surface area (TPSA) is 61.0 Å². The Bertz CT molecular complexity index is 465. The zero-order chi connectivity index (χ0) is 14.8. The Morgan fingerprint density at radius 1 is 1.35 bits per heavy atom. The molecular formula is C13H18F3N3O. The Kier molecular flexibility index (Phi) is 4.35. The molecule has 1 fully saturated rings. The van der Waals surface area contributed by atoms with E-state index in [1.165, 1.54) is 6.07 Å². The number of aromatic nitrogens is 2. The highest BCUT2D eigenvalue weighted by Crippen LogP contribution is 2.31.